The molecule has 0 aliphatic carbocycles. The van der Waals surface area contributed by atoms with Crippen LogP contribution in [0.25, 0.3) is 0 Å². The second-order valence-corrected chi connectivity index (χ2v) is 4.51. The van der Waals surface area contributed by atoms with Crippen molar-refractivity contribution >= 4 is 29.6 Å². The monoisotopic (exact) mass is 230 g/mol. The van der Waals surface area contributed by atoms with Crippen molar-refractivity contribution in [1.82, 2.24) is 10.2 Å². The van der Waals surface area contributed by atoms with E-state index in [2.05, 4.69) is 5.32 Å². The fraction of sp³-hybridized carbons (Fsp3) is 0.667. The lowest BCUT2D eigenvalue weighted by Gasteiger charge is -2.26. The zero-order valence-electron chi connectivity index (χ0n) is 8.78. The smallest absolute Gasteiger partial charge is 0.277 e. The summed E-state index contributed by atoms with van der Waals surface area (Å²) in [7, 11) is 0. The molecular weight excluding hydrogens is 216 g/mol. The van der Waals surface area contributed by atoms with Gasteiger partial charge >= 0.3 is 6.03 Å². The Balaban J connectivity index is 2.56. The summed E-state index contributed by atoms with van der Waals surface area (Å²) in [5.74, 6) is 0.198. The molecule has 1 N–H and O–H groups in total. The van der Waals surface area contributed by atoms with Gasteiger partial charge in [-0.05, 0) is 17.9 Å². The molecule has 5 nitrogen and oxygen atoms in total. The number of thioether (sulfide) groups is 1. The zero-order chi connectivity index (χ0) is 11.4. The average Bonchev–Trinajstić information content (AvgIpc) is 2.11. The maximum absolute atomic E-state index is 11.4. The fourth-order valence-corrected chi connectivity index (χ4v) is 2.09. The van der Waals surface area contributed by atoms with Crippen LogP contribution in [0.1, 0.15) is 13.3 Å². The fourth-order valence-electron chi connectivity index (χ4n) is 1.41. The van der Waals surface area contributed by atoms with Crippen LogP contribution in [0, 0.1) is 5.92 Å². The molecule has 0 bridgehead atoms. The van der Waals surface area contributed by atoms with Gasteiger partial charge in [0.15, 0.2) is 0 Å². The van der Waals surface area contributed by atoms with Gasteiger partial charge in [0.05, 0.1) is 0 Å². The standard InChI is InChI=1S/C9H14N2O3S/c1-6(5-15-2)4-11-8(13)3-7(12)10-9(11)14/h6H,3-5H2,1-2H3,(H,10,12,14). The van der Waals surface area contributed by atoms with E-state index in [0.717, 1.165) is 10.7 Å². The molecule has 6 heteroatoms. The first-order valence-corrected chi connectivity index (χ1v) is 6.07. The summed E-state index contributed by atoms with van der Waals surface area (Å²) in [6.07, 6.45) is 1.75. The van der Waals surface area contributed by atoms with Crippen LogP contribution in [0.3, 0.4) is 0 Å². The molecule has 0 spiro atoms. The first kappa shape index (κ1) is 12.0. The quantitative estimate of drug-likeness (QED) is 0.712. The predicted octanol–water partition coefficient (Wildman–Crippen LogP) is 0.454. The van der Waals surface area contributed by atoms with Crippen molar-refractivity contribution in [3.05, 3.63) is 0 Å². The molecule has 1 aliphatic rings. The minimum atomic E-state index is -0.593. The highest BCUT2D eigenvalue weighted by atomic mass is 32.2. The minimum absolute atomic E-state index is 0.224. The minimum Gasteiger partial charge on any atom is -0.277 e. The van der Waals surface area contributed by atoms with Crippen LogP contribution in [0.5, 0.6) is 0 Å². The molecule has 0 saturated carbocycles. The summed E-state index contributed by atoms with van der Waals surface area (Å²) < 4.78 is 0. The summed E-state index contributed by atoms with van der Waals surface area (Å²) in [4.78, 5) is 34.7. The van der Waals surface area contributed by atoms with E-state index in [4.69, 9.17) is 0 Å². The van der Waals surface area contributed by atoms with Crippen molar-refractivity contribution in [3.8, 4) is 0 Å². The summed E-state index contributed by atoms with van der Waals surface area (Å²) in [6, 6.07) is -0.593. The highest BCUT2D eigenvalue weighted by molar-refractivity contribution is 7.98. The Morgan fingerprint density at radius 3 is 2.67 bits per heavy atom. The molecular formula is C9H14N2O3S. The summed E-state index contributed by atoms with van der Waals surface area (Å²) in [5.41, 5.74) is 0. The van der Waals surface area contributed by atoms with Crippen LogP contribution >= 0.6 is 11.8 Å². The molecule has 84 valence electrons. The number of imide groups is 2. The van der Waals surface area contributed by atoms with E-state index in [-0.39, 0.29) is 12.3 Å². The Kier molecular flexibility index (Phi) is 4.14. The van der Waals surface area contributed by atoms with Gasteiger partial charge < -0.3 is 0 Å². The Labute approximate surface area is 92.6 Å². The summed E-state index contributed by atoms with van der Waals surface area (Å²) in [6.45, 7) is 2.34. The Bertz CT molecular complexity index is 273. The van der Waals surface area contributed by atoms with Crippen LogP contribution < -0.4 is 5.32 Å². The second-order valence-electron chi connectivity index (χ2n) is 3.59. The lowest BCUT2D eigenvalue weighted by Crippen LogP contribution is -2.53. The van der Waals surface area contributed by atoms with Crippen LogP contribution in [0.15, 0.2) is 0 Å². The topological polar surface area (TPSA) is 66.5 Å². The molecule has 4 amide bonds. The van der Waals surface area contributed by atoms with Gasteiger partial charge in [0, 0.05) is 6.54 Å². The third kappa shape index (κ3) is 3.23. The van der Waals surface area contributed by atoms with Crippen molar-refractivity contribution in [2.45, 2.75) is 13.3 Å². The molecule has 0 aromatic carbocycles. The molecule has 1 fully saturated rings. The second kappa shape index (κ2) is 5.16. The molecule has 15 heavy (non-hydrogen) atoms. The van der Waals surface area contributed by atoms with Crippen molar-refractivity contribution < 1.29 is 14.4 Å². The number of carbonyl (C=O) groups excluding carboxylic acids is 3. The molecule has 1 unspecified atom stereocenters. The van der Waals surface area contributed by atoms with Crippen LogP contribution in [-0.2, 0) is 9.59 Å². The van der Waals surface area contributed by atoms with Gasteiger partial charge in [0.2, 0.25) is 11.8 Å². The van der Waals surface area contributed by atoms with Crippen LogP contribution in [0.4, 0.5) is 4.79 Å². The maximum Gasteiger partial charge on any atom is 0.330 e. The Morgan fingerprint density at radius 1 is 1.47 bits per heavy atom. The zero-order valence-corrected chi connectivity index (χ0v) is 9.60. The number of nitrogens with zero attached hydrogens (tertiary/aromatic N) is 1. The predicted molar refractivity (Wildman–Crippen MR) is 57.4 cm³/mol. The van der Waals surface area contributed by atoms with E-state index in [1.165, 1.54) is 0 Å². The summed E-state index contributed by atoms with van der Waals surface area (Å²) >= 11 is 1.66. The number of hydrogen-bond donors (Lipinski definition) is 1. The van der Waals surface area contributed by atoms with E-state index in [1.807, 2.05) is 13.2 Å². The van der Waals surface area contributed by atoms with Crippen LogP contribution in [-0.4, -0.2) is 41.3 Å². The lowest BCUT2D eigenvalue weighted by molar-refractivity contribution is -0.136. The first-order chi connectivity index (χ1) is 7.04. The van der Waals surface area contributed by atoms with Gasteiger partial charge in [-0.3, -0.25) is 19.8 Å². The molecule has 1 rings (SSSR count). The van der Waals surface area contributed by atoms with E-state index in [1.54, 1.807) is 11.8 Å². The number of barbiturate groups is 1. The SMILES string of the molecule is CSCC(C)CN1C(=O)CC(=O)NC1=O. The van der Waals surface area contributed by atoms with Gasteiger partial charge in [-0.25, -0.2) is 4.79 Å². The maximum atomic E-state index is 11.4. The molecule has 1 atom stereocenters. The number of carbonyl (C=O) groups is 3. The van der Waals surface area contributed by atoms with Crippen molar-refractivity contribution in [3.63, 3.8) is 0 Å². The number of nitrogens with one attached hydrogen (secondary N) is 1. The van der Waals surface area contributed by atoms with Gasteiger partial charge in [-0.15, -0.1) is 0 Å². The van der Waals surface area contributed by atoms with E-state index in [0.29, 0.717) is 6.54 Å². The molecule has 1 aliphatic heterocycles. The van der Waals surface area contributed by atoms with Crippen molar-refractivity contribution in [1.29, 1.82) is 0 Å². The third-order valence-electron chi connectivity index (χ3n) is 2.05. The molecule has 0 aromatic heterocycles. The summed E-state index contributed by atoms with van der Waals surface area (Å²) in [5, 5.41) is 2.13. The lowest BCUT2D eigenvalue weighted by atomic mass is 10.2. The molecule has 0 aromatic rings. The first-order valence-electron chi connectivity index (χ1n) is 4.67. The van der Waals surface area contributed by atoms with E-state index < -0.39 is 17.8 Å². The highest BCUT2D eigenvalue weighted by Gasteiger charge is 2.31. The Hall–Kier alpha value is -1.04. The Morgan fingerprint density at radius 2 is 2.13 bits per heavy atom. The third-order valence-corrected chi connectivity index (χ3v) is 2.95. The largest absolute Gasteiger partial charge is 0.330 e. The molecule has 0 radical (unpaired) electrons. The van der Waals surface area contributed by atoms with Crippen molar-refractivity contribution in [2.75, 3.05) is 18.6 Å². The average molecular weight is 230 g/mol. The highest BCUT2D eigenvalue weighted by Crippen LogP contribution is 2.10. The number of rotatable bonds is 4. The van der Waals surface area contributed by atoms with Gasteiger partial charge in [-0.2, -0.15) is 11.8 Å². The van der Waals surface area contributed by atoms with E-state index >= 15 is 0 Å². The molecule has 1 heterocycles. The van der Waals surface area contributed by atoms with Gasteiger partial charge in [-0.1, -0.05) is 6.92 Å². The van der Waals surface area contributed by atoms with Crippen molar-refractivity contribution in [2.24, 2.45) is 5.92 Å². The van der Waals surface area contributed by atoms with E-state index in [9.17, 15) is 14.4 Å². The van der Waals surface area contributed by atoms with Crippen LogP contribution in [0.2, 0.25) is 0 Å². The van der Waals surface area contributed by atoms with Gasteiger partial charge in [0.25, 0.3) is 0 Å². The molecule has 1 saturated heterocycles. The number of amides is 4. The normalized spacial score (nSPS) is 19.1. The number of urea groups is 1. The van der Waals surface area contributed by atoms with Gasteiger partial charge in [0.1, 0.15) is 6.42 Å². The number of hydrogen-bond acceptors (Lipinski definition) is 4.